The quantitative estimate of drug-likeness (QED) is 0.442. The largest absolute Gasteiger partial charge is 0.338 e. The number of rotatable bonds is 4. The molecule has 9 nitrogen and oxygen atoms in total. The predicted octanol–water partition coefficient (Wildman–Crippen LogP) is 1.57. The van der Waals surface area contributed by atoms with Gasteiger partial charge in [-0.3, -0.25) is 26.1 Å². The fraction of sp³-hybridized carbons (Fsp3) is 0.0909. The second kappa shape index (κ2) is 5.54. The van der Waals surface area contributed by atoms with Gasteiger partial charge >= 0.3 is 0 Å². The highest BCUT2D eigenvalue weighted by molar-refractivity contribution is 6.07. The Morgan fingerprint density at radius 2 is 2.19 bits per heavy atom. The summed E-state index contributed by atoms with van der Waals surface area (Å²) in [4.78, 5) is 22.1. The first-order valence-electron chi connectivity index (χ1n) is 5.61. The van der Waals surface area contributed by atoms with Gasteiger partial charge in [0.1, 0.15) is 5.56 Å². The van der Waals surface area contributed by atoms with Gasteiger partial charge in [-0.2, -0.15) is 0 Å². The molecule has 0 aliphatic heterocycles. The Hall–Kier alpha value is -3.01. The van der Waals surface area contributed by atoms with E-state index in [1.165, 1.54) is 6.07 Å². The maximum absolute atomic E-state index is 13.5. The molecule has 21 heavy (non-hydrogen) atoms. The number of hydrogen-bond donors (Lipinski definition) is 3. The van der Waals surface area contributed by atoms with Gasteiger partial charge in [-0.15, -0.1) is 0 Å². The summed E-state index contributed by atoms with van der Waals surface area (Å²) in [7, 11) is 0. The van der Waals surface area contributed by atoms with Crippen LogP contribution in [0.5, 0.6) is 0 Å². The molecule has 0 aliphatic rings. The number of amides is 1. The van der Waals surface area contributed by atoms with Crippen molar-refractivity contribution < 1.29 is 18.6 Å². The van der Waals surface area contributed by atoms with Crippen LogP contribution in [0.25, 0.3) is 0 Å². The zero-order valence-corrected chi connectivity index (χ0v) is 10.7. The number of anilines is 2. The number of hydrazine groups is 1. The highest BCUT2D eigenvalue weighted by Crippen LogP contribution is 2.26. The van der Waals surface area contributed by atoms with Gasteiger partial charge < -0.3 is 9.95 Å². The first kappa shape index (κ1) is 14.4. The maximum Gasteiger partial charge on any atom is 0.285 e. The van der Waals surface area contributed by atoms with Gasteiger partial charge in [0.15, 0.2) is 5.82 Å². The van der Waals surface area contributed by atoms with Gasteiger partial charge in [-0.05, 0) is 13.0 Å². The van der Waals surface area contributed by atoms with E-state index in [4.69, 9.17) is 10.4 Å². The summed E-state index contributed by atoms with van der Waals surface area (Å²) in [5.74, 6) is 3.29. The molecule has 1 amide bonds. The summed E-state index contributed by atoms with van der Waals surface area (Å²) in [6, 6.07) is 2.97. The molecule has 0 aliphatic carbocycles. The zero-order chi connectivity index (χ0) is 15.6. The molecule has 1 heterocycles. The van der Waals surface area contributed by atoms with E-state index >= 15 is 0 Å². The summed E-state index contributed by atoms with van der Waals surface area (Å²) < 4.78 is 18.2. The van der Waals surface area contributed by atoms with E-state index < -0.39 is 22.3 Å². The monoisotopic (exact) mass is 295 g/mol. The second-order valence-electron chi connectivity index (χ2n) is 4.04. The number of hydrogen-bond acceptors (Lipinski definition) is 7. The Labute approximate surface area is 117 Å². The number of benzene rings is 1. The van der Waals surface area contributed by atoms with Crippen LogP contribution < -0.4 is 16.6 Å². The highest BCUT2D eigenvalue weighted by Gasteiger charge is 2.24. The van der Waals surface area contributed by atoms with Crippen LogP contribution in [0.4, 0.5) is 21.6 Å². The number of nitro benzene ring substituents is 1. The SMILES string of the molecule is Cc1cc(NC(=O)c2cc(NN)c(F)cc2[N+](=O)[O-])on1. The molecule has 110 valence electrons. The number of nitro groups is 1. The molecule has 0 radical (unpaired) electrons. The number of halogens is 1. The summed E-state index contributed by atoms with van der Waals surface area (Å²) in [5.41, 5.74) is 1.21. The summed E-state index contributed by atoms with van der Waals surface area (Å²) in [5, 5.41) is 16.7. The Morgan fingerprint density at radius 3 is 2.71 bits per heavy atom. The Balaban J connectivity index is 2.40. The second-order valence-corrected chi connectivity index (χ2v) is 4.04. The van der Waals surface area contributed by atoms with Gasteiger partial charge in [-0.25, -0.2) is 4.39 Å². The lowest BCUT2D eigenvalue weighted by atomic mass is 10.1. The minimum atomic E-state index is -0.948. The van der Waals surface area contributed by atoms with Crippen molar-refractivity contribution in [3.63, 3.8) is 0 Å². The number of aromatic nitrogens is 1. The van der Waals surface area contributed by atoms with E-state index in [1.807, 2.05) is 5.43 Å². The van der Waals surface area contributed by atoms with Crippen molar-refractivity contribution in [3.05, 3.63) is 45.4 Å². The molecule has 4 N–H and O–H groups in total. The zero-order valence-electron chi connectivity index (χ0n) is 10.7. The number of aryl methyl sites for hydroxylation is 1. The van der Waals surface area contributed by atoms with Crippen molar-refractivity contribution in [1.82, 2.24) is 5.16 Å². The van der Waals surface area contributed by atoms with Crippen LogP contribution in [-0.2, 0) is 0 Å². The van der Waals surface area contributed by atoms with Crippen LogP contribution in [-0.4, -0.2) is 16.0 Å². The molecule has 1 aromatic carbocycles. The normalized spacial score (nSPS) is 10.2. The van der Waals surface area contributed by atoms with E-state index in [9.17, 15) is 19.3 Å². The molecular formula is C11H10FN5O4. The van der Waals surface area contributed by atoms with Gasteiger partial charge in [0.05, 0.1) is 22.4 Å². The summed E-state index contributed by atoms with van der Waals surface area (Å²) in [6.07, 6.45) is 0. The van der Waals surface area contributed by atoms with Crippen molar-refractivity contribution in [1.29, 1.82) is 0 Å². The third-order valence-corrected chi connectivity index (χ3v) is 2.55. The van der Waals surface area contributed by atoms with E-state index in [1.54, 1.807) is 6.92 Å². The number of nitrogens with two attached hydrogens (primary N) is 1. The molecule has 0 saturated carbocycles. The lowest BCUT2D eigenvalue weighted by Crippen LogP contribution is -2.16. The van der Waals surface area contributed by atoms with Crippen molar-refractivity contribution in [2.24, 2.45) is 5.84 Å². The third-order valence-electron chi connectivity index (χ3n) is 2.55. The molecule has 0 bridgehead atoms. The van der Waals surface area contributed by atoms with Crippen molar-refractivity contribution >= 4 is 23.2 Å². The molecule has 2 rings (SSSR count). The summed E-state index contributed by atoms with van der Waals surface area (Å²) >= 11 is 0. The fourth-order valence-corrected chi connectivity index (χ4v) is 1.61. The van der Waals surface area contributed by atoms with Gasteiger partial charge in [0.25, 0.3) is 11.6 Å². The van der Waals surface area contributed by atoms with Gasteiger partial charge in [0.2, 0.25) is 5.88 Å². The number of nitrogens with zero attached hydrogens (tertiary/aromatic N) is 2. The van der Waals surface area contributed by atoms with E-state index in [0.29, 0.717) is 11.8 Å². The summed E-state index contributed by atoms with van der Waals surface area (Å²) in [6.45, 7) is 1.63. The Morgan fingerprint density at radius 1 is 1.48 bits per heavy atom. The van der Waals surface area contributed by atoms with Crippen LogP contribution in [0.1, 0.15) is 16.1 Å². The molecule has 1 aromatic heterocycles. The minimum absolute atomic E-state index is 0.0124. The van der Waals surface area contributed by atoms with Gasteiger partial charge in [0, 0.05) is 6.07 Å². The molecule has 0 unspecified atom stereocenters. The third kappa shape index (κ3) is 2.95. The molecule has 0 spiro atoms. The molecule has 0 saturated heterocycles. The average Bonchev–Trinajstić information content (AvgIpc) is 2.83. The maximum atomic E-state index is 13.5. The number of carbonyl (C=O) groups is 1. The Kier molecular flexibility index (Phi) is 3.80. The lowest BCUT2D eigenvalue weighted by Gasteiger charge is -2.07. The van der Waals surface area contributed by atoms with Gasteiger partial charge in [-0.1, -0.05) is 5.16 Å². The van der Waals surface area contributed by atoms with Crippen LogP contribution in [0, 0.1) is 22.9 Å². The number of carbonyl (C=O) groups excluding carboxylic acids is 1. The molecule has 10 heteroatoms. The van der Waals surface area contributed by atoms with Crippen molar-refractivity contribution in [2.45, 2.75) is 6.92 Å². The topological polar surface area (TPSA) is 136 Å². The van der Waals surface area contributed by atoms with Crippen LogP contribution in [0.2, 0.25) is 0 Å². The number of nitrogens with one attached hydrogen (secondary N) is 2. The van der Waals surface area contributed by atoms with Crippen LogP contribution >= 0.6 is 0 Å². The lowest BCUT2D eigenvalue weighted by molar-refractivity contribution is -0.385. The Bertz CT molecular complexity index is 715. The van der Waals surface area contributed by atoms with Crippen LogP contribution in [0.3, 0.4) is 0 Å². The molecule has 2 aromatic rings. The van der Waals surface area contributed by atoms with Crippen molar-refractivity contribution in [2.75, 3.05) is 10.7 Å². The fourth-order valence-electron chi connectivity index (χ4n) is 1.61. The van der Waals surface area contributed by atoms with Crippen molar-refractivity contribution in [3.8, 4) is 0 Å². The van der Waals surface area contributed by atoms with E-state index in [-0.39, 0.29) is 17.1 Å². The molecule has 0 atom stereocenters. The molecular weight excluding hydrogens is 285 g/mol. The van der Waals surface area contributed by atoms with E-state index in [2.05, 4.69) is 10.5 Å². The predicted molar refractivity (Wildman–Crippen MR) is 70.1 cm³/mol. The highest BCUT2D eigenvalue weighted by atomic mass is 19.1. The standard InChI is InChI=1S/C11H10FN5O4/c1-5-2-10(21-16-5)14-11(18)6-3-8(15-13)7(12)4-9(6)17(19)20/h2-4,15H,13H2,1H3,(H,14,18). The van der Waals surface area contributed by atoms with Crippen LogP contribution in [0.15, 0.2) is 22.7 Å². The number of nitrogen functional groups attached to an aromatic ring is 1. The average molecular weight is 295 g/mol. The first-order valence-corrected chi connectivity index (χ1v) is 5.61. The first-order chi connectivity index (χ1) is 9.92. The minimum Gasteiger partial charge on any atom is -0.338 e. The van der Waals surface area contributed by atoms with E-state index in [0.717, 1.165) is 6.07 Å². The molecule has 0 fully saturated rings. The smallest absolute Gasteiger partial charge is 0.285 e.